The zero-order chi connectivity index (χ0) is 19.9. The summed E-state index contributed by atoms with van der Waals surface area (Å²) in [6, 6.07) is 21.0. The second-order valence-corrected chi connectivity index (χ2v) is 7.64. The van der Waals surface area contributed by atoms with Crippen LogP contribution in [0.3, 0.4) is 0 Å². The standard InChI is InChI=1S/C27H31F/c1-4-22-18-26(25-16-15-20(3)27(28)19-25)23(5-2)17-24(22)14-10-9-13-21-11-7-6-8-12-21/h6-8,11-12,15-19H,4-5,9-10,13-14H2,1-3H3. The van der Waals surface area contributed by atoms with Crippen molar-refractivity contribution < 1.29 is 4.39 Å². The van der Waals surface area contributed by atoms with Crippen molar-refractivity contribution in [3.8, 4) is 11.1 Å². The highest BCUT2D eigenvalue weighted by Crippen LogP contribution is 2.30. The SMILES string of the molecule is CCc1cc(-c2ccc(C)c(F)c2)c(CC)cc1CCCCc1ccccc1. The molecule has 3 rings (SSSR count). The molecule has 0 spiro atoms. The summed E-state index contributed by atoms with van der Waals surface area (Å²) in [6.07, 6.45) is 6.64. The molecule has 0 fully saturated rings. The predicted molar refractivity (Wildman–Crippen MR) is 118 cm³/mol. The summed E-state index contributed by atoms with van der Waals surface area (Å²) < 4.78 is 14.1. The molecule has 0 aliphatic heterocycles. The first-order valence-electron chi connectivity index (χ1n) is 10.6. The Bertz CT molecular complexity index is 909. The minimum atomic E-state index is -0.123. The Labute approximate surface area is 169 Å². The fourth-order valence-corrected chi connectivity index (χ4v) is 3.91. The van der Waals surface area contributed by atoms with Crippen LogP contribution in [0, 0.1) is 12.7 Å². The van der Waals surface area contributed by atoms with E-state index in [1.165, 1.54) is 40.7 Å². The second kappa shape index (κ2) is 9.68. The molecule has 28 heavy (non-hydrogen) atoms. The Morgan fingerprint density at radius 1 is 0.714 bits per heavy atom. The van der Waals surface area contributed by atoms with E-state index in [4.69, 9.17) is 0 Å². The van der Waals surface area contributed by atoms with Gasteiger partial charge in [0.25, 0.3) is 0 Å². The third-order valence-corrected chi connectivity index (χ3v) is 5.67. The molecule has 0 unspecified atom stereocenters. The highest BCUT2D eigenvalue weighted by Gasteiger charge is 2.11. The number of halogens is 1. The maximum absolute atomic E-state index is 14.1. The lowest BCUT2D eigenvalue weighted by Gasteiger charge is -2.16. The molecule has 0 heterocycles. The maximum Gasteiger partial charge on any atom is 0.126 e. The van der Waals surface area contributed by atoms with E-state index < -0.39 is 0 Å². The Morgan fingerprint density at radius 2 is 1.43 bits per heavy atom. The summed E-state index contributed by atoms with van der Waals surface area (Å²) in [5, 5.41) is 0. The third kappa shape index (κ3) is 4.90. The molecule has 0 bridgehead atoms. The Morgan fingerprint density at radius 3 is 2.11 bits per heavy atom. The van der Waals surface area contributed by atoms with Crippen LogP contribution >= 0.6 is 0 Å². The lowest BCUT2D eigenvalue weighted by atomic mass is 9.89. The summed E-state index contributed by atoms with van der Waals surface area (Å²) in [6.45, 7) is 6.22. The average Bonchev–Trinajstić information content (AvgIpc) is 2.73. The first kappa shape index (κ1) is 20.3. The van der Waals surface area contributed by atoms with Crippen molar-refractivity contribution in [2.24, 2.45) is 0 Å². The van der Waals surface area contributed by atoms with Crippen LogP contribution in [0.1, 0.15) is 54.5 Å². The van der Waals surface area contributed by atoms with E-state index in [1.54, 1.807) is 6.07 Å². The quantitative estimate of drug-likeness (QED) is 0.358. The van der Waals surface area contributed by atoms with Gasteiger partial charge in [0, 0.05) is 0 Å². The van der Waals surface area contributed by atoms with Crippen molar-refractivity contribution in [2.75, 3.05) is 0 Å². The maximum atomic E-state index is 14.1. The van der Waals surface area contributed by atoms with Gasteiger partial charge in [-0.3, -0.25) is 0 Å². The Hall–Kier alpha value is -2.41. The zero-order valence-electron chi connectivity index (χ0n) is 17.4. The van der Waals surface area contributed by atoms with Gasteiger partial charge in [0.1, 0.15) is 5.82 Å². The van der Waals surface area contributed by atoms with Crippen LogP contribution < -0.4 is 0 Å². The van der Waals surface area contributed by atoms with Crippen LogP contribution in [0.25, 0.3) is 11.1 Å². The smallest absolute Gasteiger partial charge is 0.126 e. The van der Waals surface area contributed by atoms with Crippen molar-refractivity contribution >= 4 is 0 Å². The molecule has 0 aliphatic carbocycles. The van der Waals surface area contributed by atoms with E-state index in [2.05, 4.69) is 56.3 Å². The summed E-state index contributed by atoms with van der Waals surface area (Å²) in [5.74, 6) is -0.123. The molecule has 0 aromatic heterocycles. The molecule has 0 aliphatic rings. The number of hydrogen-bond donors (Lipinski definition) is 0. The lowest BCUT2D eigenvalue weighted by Crippen LogP contribution is -2.00. The van der Waals surface area contributed by atoms with E-state index >= 15 is 0 Å². The molecule has 146 valence electrons. The number of aryl methyl sites for hydroxylation is 5. The largest absolute Gasteiger partial charge is 0.207 e. The topological polar surface area (TPSA) is 0 Å². The molecule has 3 aromatic rings. The van der Waals surface area contributed by atoms with Crippen molar-refractivity contribution in [1.29, 1.82) is 0 Å². The predicted octanol–water partition coefficient (Wildman–Crippen LogP) is 7.49. The molecule has 0 nitrogen and oxygen atoms in total. The van der Waals surface area contributed by atoms with Gasteiger partial charge in [-0.15, -0.1) is 0 Å². The minimum absolute atomic E-state index is 0.123. The molecule has 0 saturated carbocycles. The average molecular weight is 375 g/mol. The number of unbranched alkanes of at least 4 members (excludes halogenated alkanes) is 1. The highest BCUT2D eigenvalue weighted by molar-refractivity contribution is 5.69. The fraction of sp³-hybridized carbons (Fsp3) is 0.333. The van der Waals surface area contributed by atoms with Gasteiger partial charge >= 0.3 is 0 Å². The molecule has 1 heteroatoms. The summed E-state index contributed by atoms with van der Waals surface area (Å²) in [5.41, 5.74) is 8.48. The molecule has 0 radical (unpaired) electrons. The van der Waals surface area contributed by atoms with Gasteiger partial charge in [-0.2, -0.15) is 0 Å². The van der Waals surface area contributed by atoms with E-state index in [0.29, 0.717) is 5.56 Å². The second-order valence-electron chi connectivity index (χ2n) is 7.64. The van der Waals surface area contributed by atoms with Crippen molar-refractivity contribution in [1.82, 2.24) is 0 Å². The van der Waals surface area contributed by atoms with Gasteiger partial charge in [0.15, 0.2) is 0 Å². The van der Waals surface area contributed by atoms with Gasteiger partial charge in [-0.25, -0.2) is 4.39 Å². The van der Waals surface area contributed by atoms with Gasteiger partial charge in [0.05, 0.1) is 0 Å². The third-order valence-electron chi connectivity index (χ3n) is 5.67. The first-order valence-corrected chi connectivity index (χ1v) is 10.6. The molecular weight excluding hydrogens is 343 g/mol. The number of rotatable bonds is 8. The van der Waals surface area contributed by atoms with Crippen LogP contribution in [-0.2, 0) is 25.7 Å². The Balaban J connectivity index is 1.77. The molecule has 0 atom stereocenters. The Kier molecular flexibility index (Phi) is 7.03. The van der Waals surface area contributed by atoms with E-state index in [1.807, 2.05) is 19.1 Å². The van der Waals surface area contributed by atoms with Crippen molar-refractivity contribution in [3.63, 3.8) is 0 Å². The van der Waals surface area contributed by atoms with E-state index in [0.717, 1.165) is 31.2 Å². The number of hydrogen-bond acceptors (Lipinski definition) is 0. The van der Waals surface area contributed by atoms with Gasteiger partial charge in [-0.1, -0.05) is 68.4 Å². The lowest BCUT2D eigenvalue weighted by molar-refractivity contribution is 0.619. The normalized spacial score (nSPS) is 11.0. The van der Waals surface area contributed by atoms with Crippen LogP contribution in [0.5, 0.6) is 0 Å². The van der Waals surface area contributed by atoms with Gasteiger partial charge in [0.2, 0.25) is 0 Å². The van der Waals surface area contributed by atoms with Gasteiger partial charge < -0.3 is 0 Å². The molecule has 3 aromatic carbocycles. The monoisotopic (exact) mass is 374 g/mol. The molecular formula is C27H31F. The van der Waals surface area contributed by atoms with Crippen molar-refractivity contribution in [3.05, 3.63) is 94.3 Å². The summed E-state index contributed by atoms with van der Waals surface area (Å²) in [4.78, 5) is 0. The van der Waals surface area contributed by atoms with Crippen LogP contribution in [0.15, 0.2) is 60.7 Å². The first-order chi connectivity index (χ1) is 13.6. The van der Waals surface area contributed by atoms with Crippen LogP contribution in [-0.4, -0.2) is 0 Å². The van der Waals surface area contributed by atoms with Gasteiger partial charge in [-0.05, 0) is 90.5 Å². The molecule has 0 saturated heterocycles. The molecule has 0 amide bonds. The van der Waals surface area contributed by atoms with Crippen LogP contribution in [0.2, 0.25) is 0 Å². The summed E-state index contributed by atoms with van der Waals surface area (Å²) >= 11 is 0. The summed E-state index contributed by atoms with van der Waals surface area (Å²) in [7, 11) is 0. The highest BCUT2D eigenvalue weighted by atomic mass is 19.1. The number of benzene rings is 3. The molecule has 0 N–H and O–H groups in total. The fourth-order valence-electron chi connectivity index (χ4n) is 3.91. The zero-order valence-corrected chi connectivity index (χ0v) is 17.4. The van der Waals surface area contributed by atoms with E-state index in [9.17, 15) is 4.39 Å². The van der Waals surface area contributed by atoms with E-state index in [-0.39, 0.29) is 5.82 Å². The minimum Gasteiger partial charge on any atom is -0.207 e. The van der Waals surface area contributed by atoms with Crippen LogP contribution in [0.4, 0.5) is 4.39 Å². The van der Waals surface area contributed by atoms with Crippen molar-refractivity contribution in [2.45, 2.75) is 59.3 Å².